The Labute approximate surface area is 135 Å². The van der Waals surface area contributed by atoms with Crippen LogP contribution in [0.2, 0.25) is 0 Å². The Morgan fingerprint density at radius 2 is 1.86 bits per heavy atom. The number of thiophene rings is 1. The molecule has 0 saturated carbocycles. The maximum atomic E-state index is 12.1. The van der Waals surface area contributed by atoms with Crippen LogP contribution in [0.5, 0.6) is 0 Å². The molecule has 116 valence electrons. The highest BCUT2D eigenvalue weighted by molar-refractivity contribution is 7.12. The van der Waals surface area contributed by atoms with Gasteiger partial charge in [0, 0.05) is 29.2 Å². The van der Waals surface area contributed by atoms with Crippen LogP contribution in [0.3, 0.4) is 0 Å². The highest BCUT2D eigenvalue weighted by atomic mass is 32.1. The zero-order valence-corrected chi connectivity index (χ0v) is 14.0. The van der Waals surface area contributed by atoms with Crippen LogP contribution in [0.1, 0.15) is 36.0 Å². The number of nitrogens with one attached hydrogen (secondary N) is 1. The second-order valence-corrected chi connectivity index (χ2v) is 5.78. The predicted octanol–water partition coefficient (Wildman–Crippen LogP) is 3.75. The van der Waals surface area contributed by atoms with Gasteiger partial charge in [-0.1, -0.05) is 6.07 Å². The fraction of sp³-hybridized carbons (Fsp3) is 0.294. The normalized spacial score (nSPS) is 11.3. The Kier molecular flexibility index (Phi) is 5.72. The summed E-state index contributed by atoms with van der Waals surface area (Å²) in [6, 6.07) is 11.6. The molecule has 0 aliphatic carbocycles. The van der Waals surface area contributed by atoms with Crippen LogP contribution in [-0.4, -0.2) is 24.7 Å². The Morgan fingerprint density at radius 1 is 1.18 bits per heavy atom. The Hall–Kier alpha value is -2.14. The third-order valence-electron chi connectivity index (χ3n) is 3.46. The van der Waals surface area contributed by atoms with Crippen LogP contribution in [0.15, 0.2) is 46.9 Å². The number of benzene rings is 1. The highest BCUT2D eigenvalue weighted by Gasteiger charge is 2.07. The molecule has 2 rings (SSSR count). The molecule has 0 spiro atoms. The molecule has 0 atom stereocenters. The number of hydrogen-bond donors (Lipinski definition) is 1. The van der Waals surface area contributed by atoms with Crippen LogP contribution in [-0.2, 0) is 0 Å². The topological polar surface area (TPSA) is 44.7 Å². The number of hydrogen-bond acceptors (Lipinski definition) is 4. The molecule has 0 aliphatic rings. The van der Waals surface area contributed by atoms with E-state index in [2.05, 4.69) is 29.3 Å². The lowest BCUT2D eigenvalue weighted by Crippen LogP contribution is -2.22. The fourth-order valence-electron chi connectivity index (χ4n) is 2.15. The first-order valence-electron chi connectivity index (χ1n) is 7.39. The fourth-order valence-corrected chi connectivity index (χ4v) is 2.83. The number of hydrazone groups is 1. The van der Waals surface area contributed by atoms with Gasteiger partial charge in [0.1, 0.15) is 0 Å². The van der Waals surface area contributed by atoms with Gasteiger partial charge in [0.25, 0.3) is 5.91 Å². The van der Waals surface area contributed by atoms with E-state index in [-0.39, 0.29) is 5.91 Å². The molecule has 5 heteroatoms. The van der Waals surface area contributed by atoms with Gasteiger partial charge in [-0.25, -0.2) is 5.43 Å². The summed E-state index contributed by atoms with van der Waals surface area (Å²) in [6.07, 6.45) is 0. The van der Waals surface area contributed by atoms with Crippen molar-refractivity contribution in [1.29, 1.82) is 0 Å². The van der Waals surface area contributed by atoms with Crippen molar-refractivity contribution < 1.29 is 4.79 Å². The first-order chi connectivity index (χ1) is 10.7. The smallest absolute Gasteiger partial charge is 0.271 e. The van der Waals surface area contributed by atoms with E-state index >= 15 is 0 Å². The Balaban J connectivity index is 2.02. The van der Waals surface area contributed by atoms with E-state index in [0.717, 1.165) is 29.4 Å². The zero-order chi connectivity index (χ0) is 15.9. The SMILES string of the molecule is CCN(CC)c1ccc(C(=O)N/N=C(\C)c2cccs2)cc1. The first-order valence-corrected chi connectivity index (χ1v) is 8.27. The summed E-state index contributed by atoms with van der Waals surface area (Å²) in [5, 5.41) is 6.14. The molecule has 0 fully saturated rings. The van der Waals surface area contributed by atoms with Crippen LogP contribution in [0.4, 0.5) is 5.69 Å². The molecule has 2 aromatic rings. The number of carbonyl (C=O) groups excluding carboxylic acids is 1. The van der Waals surface area contributed by atoms with Gasteiger partial charge >= 0.3 is 0 Å². The minimum atomic E-state index is -0.193. The monoisotopic (exact) mass is 315 g/mol. The molecular formula is C17H21N3OS. The summed E-state index contributed by atoms with van der Waals surface area (Å²) < 4.78 is 0. The van der Waals surface area contributed by atoms with E-state index < -0.39 is 0 Å². The molecule has 1 aromatic heterocycles. The maximum Gasteiger partial charge on any atom is 0.271 e. The van der Waals surface area contributed by atoms with Crippen molar-refractivity contribution in [2.75, 3.05) is 18.0 Å². The minimum Gasteiger partial charge on any atom is -0.372 e. The molecule has 1 amide bonds. The van der Waals surface area contributed by atoms with Gasteiger partial charge in [0.15, 0.2) is 0 Å². The summed E-state index contributed by atoms with van der Waals surface area (Å²) in [4.78, 5) is 15.4. The van der Waals surface area contributed by atoms with Gasteiger partial charge in [0.05, 0.1) is 5.71 Å². The van der Waals surface area contributed by atoms with Crippen molar-refractivity contribution in [3.63, 3.8) is 0 Å². The molecule has 1 aromatic carbocycles. The molecule has 0 aliphatic heterocycles. The van der Waals surface area contributed by atoms with Gasteiger partial charge in [-0.3, -0.25) is 4.79 Å². The van der Waals surface area contributed by atoms with Crippen molar-refractivity contribution in [2.24, 2.45) is 5.10 Å². The largest absolute Gasteiger partial charge is 0.372 e. The summed E-state index contributed by atoms with van der Waals surface area (Å²) in [5.41, 5.74) is 5.15. The molecule has 0 radical (unpaired) electrons. The number of amides is 1. The van der Waals surface area contributed by atoms with Gasteiger partial charge in [-0.15, -0.1) is 11.3 Å². The second kappa shape index (κ2) is 7.75. The van der Waals surface area contributed by atoms with Crippen LogP contribution < -0.4 is 10.3 Å². The minimum absolute atomic E-state index is 0.193. The molecule has 4 nitrogen and oxygen atoms in total. The average molecular weight is 315 g/mol. The Morgan fingerprint density at radius 3 is 2.41 bits per heavy atom. The van der Waals surface area contributed by atoms with Crippen LogP contribution >= 0.6 is 11.3 Å². The number of rotatable bonds is 6. The first kappa shape index (κ1) is 16.2. The van der Waals surface area contributed by atoms with Crippen molar-refractivity contribution >= 4 is 28.6 Å². The molecular weight excluding hydrogens is 294 g/mol. The second-order valence-electron chi connectivity index (χ2n) is 4.83. The van der Waals surface area contributed by atoms with E-state index in [1.54, 1.807) is 11.3 Å². The van der Waals surface area contributed by atoms with E-state index in [4.69, 9.17) is 0 Å². The highest BCUT2D eigenvalue weighted by Crippen LogP contribution is 2.15. The van der Waals surface area contributed by atoms with E-state index in [1.165, 1.54) is 0 Å². The quantitative estimate of drug-likeness (QED) is 0.652. The van der Waals surface area contributed by atoms with Gasteiger partial charge < -0.3 is 4.90 Å². The van der Waals surface area contributed by atoms with Crippen molar-refractivity contribution in [1.82, 2.24) is 5.43 Å². The summed E-state index contributed by atoms with van der Waals surface area (Å²) in [7, 11) is 0. The summed E-state index contributed by atoms with van der Waals surface area (Å²) in [6.45, 7) is 8.02. The summed E-state index contributed by atoms with van der Waals surface area (Å²) >= 11 is 1.60. The zero-order valence-electron chi connectivity index (χ0n) is 13.2. The Bertz CT molecular complexity index is 628. The van der Waals surface area contributed by atoms with Crippen LogP contribution in [0, 0.1) is 0 Å². The van der Waals surface area contributed by atoms with Gasteiger partial charge in [-0.05, 0) is 56.5 Å². The number of nitrogens with zero attached hydrogens (tertiary/aromatic N) is 2. The lowest BCUT2D eigenvalue weighted by Gasteiger charge is -2.20. The number of anilines is 1. The van der Waals surface area contributed by atoms with E-state index in [9.17, 15) is 4.79 Å². The van der Waals surface area contributed by atoms with Crippen molar-refractivity contribution in [3.8, 4) is 0 Å². The average Bonchev–Trinajstić information content (AvgIpc) is 3.08. The molecule has 1 N–H and O–H groups in total. The predicted molar refractivity (Wildman–Crippen MR) is 94.0 cm³/mol. The lowest BCUT2D eigenvalue weighted by molar-refractivity contribution is 0.0955. The summed E-state index contributed by atoms with van der Waals surface area (Å²) in [5.74, 6) is -0.193. The third kappa shape index (κ3) is 3.95. The molecule has 0 bridgehead atoms. The lowest BCUT2D eigenvalue weighted by atomic mass is 10.2. The van der Waals surface area contributed by atoms with Crippen molar-refractivity contribution in [2.45, 2.75) is 20.8 Å². The number of carbonyl (C=O) groups is 1. The van der Waals surface area contributed by atoms with E-state index in [1.807, 2.05) is 48.7 Å². The maximum absolute atomic E-state index is 12.1. The van der Waals surface area contributed by atoms with E-state index in [0.29, 0.717) is 5.56 Å². The molecule has 1 heterocycles. The molecule has 0 saturated heterocycles. The third-order valence-corrected chi connectivity index (χ3v) is 4.44. The molecule has 22 heavy (non-hydrogen) atoms. The van der Waals surface area contributed by atoms with Gasteiger partial charge in [0.2, 0.25) is 0 Å². The molecule has 0 unspecified atom stereocenters. The van der Waals surface area contributed by atoms with Gasteiger partial charge in [-0.2, -0.15) is 5.10 Å². The van der Waals surface area contributed by atoms with Crippen LogP contribution in [0.25, 0.3) is 0 Å². The van der Waals surface area contributed by atoms with Crippen molar-refractivity contribution in [3.05, 3.63) is 52.2 Å². The standard InChI is InChI=1S/C17H21N3OS/c1-4-20(5-2)15-10-8-14(9-11-15)17(21)19-18-13(3)16-7-6-12-22-16/h6-12H,4-5H2,1-3H3,(H,19,21)/b18-13+.